The molecule has 0 aliphatic carbocycles. The van der Waals surface area contributed by atoms with Crippen molar-refractivity contribution >= 4 is 46.2 Å². The van der Waals surface area contributed by atoms with Crippen LogP contribution < -0.4 is 0 Å². The lowest BCUT2D eigenvalue weighted by atomic mass is 10.0. The molecule has 0 spiro atoms. The Bertz CT molecular complexity index is 1780. The van der Waals surface area contributed by atoms with Crippen molar-refractivity contribution in [1.29, 1.82) is 0 Å². The van der Waals surface area contributed by atoms with Gasteiger partial charge in [0.2, 0.25) is 0 Å². The summed E-state index contributed by atoms with van der Waals surface area (Å²) in [6.45, 7) is 0. The fourth-order valence-electron chi connectivity index (χ4n) is 3.97. The molecule has 0 amide bonds. The molecule has 5 heterocycles. The third-order valence-electron chi connectivity index (χ3n) is 5.69. The van der Waals surface area contributed by atoms with E-state index in [-0.39, 0.29) is 0 Å². The maximum atomic E-state index is 10.2. The van der Waals surface area contributed by atoms with E-state index >= 15 is 0 Å². The average molecular weight is 503 g/mol. The number of hydrogen-bond acceptors (Lipinski definition) is 6. The third kappa shape index (κ3) is 5.53. The summed E-state index contributed by atoms with van der Waals surface area (Å²) >= 11 is 0. The Hall–Kier alpha value is -5.42. The second-order valence-electron chi connectivity index (χ2n) is 8.27. The van der Waals surface area contributed by atoms with E-state index in [4.69, 9.17) is 9.97 Å². The van der Waals surface area contributed by atoms with Crippen LogP contribution in [0.5, 0.6) is 0 Å². The van der Waals surface area contributed by atoms with E-state index in [9.17, 15) is 9.59 Å². The molecule has 4 aromatic rings. The molecule has 0 unspecified atom stereocenters. The second kappa shape index (κ2) is 10.7. The Morgan fingerprint density at radius 2 is 1.11 bits per heavy atom. The molecule has 0 atom stereocenters. The monoisotopic (exact) mass is 502 g/mol. The van der Waals surface area contributed by atoms with E-state index in [2.05, 4.69) is 92.2 Å². The molecule has 0 radical (unpaired) electrons. The summed E-state index contributed by atoms with van der Waals surface area (Å²) in [6.07, 6.45) is 4.06. The molecule has 2 aliphatic rings. The van der Waals surface area contributed by atoms with E-state index < -0.39 is 11.9 Å². The first-order chi connectivity index (χ1) is 18.5. The number of H-pyrrole nitrogens is 2. The van der Waals surface area contributed by atoms with Crippen LogP contribution in [0.15, 0.2) is 72.8 Å². The van der Waals surface area contributed by atoms with Crippen molar-refractivity contribution in [2.45, 2.75) is 0 Å². The molecule has 38 heavy (non-hydrogen) atoms. The predicted molar refractivity (Wildman–Crippen MR) is 146 cm³/mol. The lowest BCUT2D eigenvalue weighted by molar-refractivity contribution is -0.135. The Labute approximate surface area is 218 Å². The summed E-state index contributed by atoms with van der Waals surface area (Å²) in [7, 11) is 2.35. The maximum absolute atomic E-state index is 10.2. The molecular weight excluding hydrogens is 480 g/mol. The van der Waals surface area contributed by atoms with Crippen molar-refractivity contribution < 1.29 is 19.1 Å². The van der Waals surface area contributed by atoms with Gasteiger partial charge < -0.3 is 19.4 Å². The first-order valence-corrected chi connectivity index (χ1v) is 11.6. The van der Waals surface area contributed by atoms with Gasteiger partial charge in [0.05, 0.1) is 37.0 Å². The fraction of sp³-hybridized carbons (Fsp3) is 0.0667. The van der Waals surface area contributed by atoms with Crippen molar-refractivity contribution in [3.05, 3.63) is 84.2 Å². The number of carbonyl (C=O) groups is 2. The van der Waals surface area contributed by atoms with Crippen LogP contribution in [-0.4, -0.2) is 46.1 Å². The van der Waals surface area contributed by atoms with Crippen molar-refractivity contribution in [1.82, 2.24) is 19.9 Å². The number of aromatic amines is 2. The van der Waals surface area contributed by atoms with Gasteiger partial charge in [-0.05, 0) is 60.7 Å². The number of methoxy groups -OCH3 is 2. The van der Waals surface area contributed by atoms with Crippen molar-refractivity contribution in [2.75, 3.05) is 14.2 Å². The van der Waals surface area contributed by atoms with Gasteiger partial charge in [0.25, 0.3) is 0 Å². The van der Waals surface area contributed by atoms with Crippen LogP contribution in [0, 0.1) is 11.8 Å². The summed E-state index contributed by atoms with van der Waals surface area (Å²) in [4.78, 5) is 37.0. The number of nitrogens with zero attached hydrogens (tertiary/aromatic N) is 2. The lowest BCUT2D eigenvalue weighted by Gasteiger charge is -1.97. The molecule has 8 heteroatoms. The van der Waals surface area contributed by atoms with Gasteiger partial charge in [-0.15, -0.1) is 0 Å². The van der Waals surface area contributed by atoms with Crippen LogP contribution in [0.1, 0.15) is 11.4 Å². The highest BCUT2D eigenvalue weighted by Gasteiger charge is 2.15. The number of fused-ring (bicyclic) bond motifs is 11. The van der Waals surface area contributed by atoms with E-state index in [1.807, 2.05) is 24.0 Å². The number of nitrogens with one attached hydrogen (secondary N) is 2. The third-order valence-corrected chi connectivity index (χ3v) is 5.69. The summed E-state index contributed by atoms with van der Waals surface area (Å²) in [6, 6.07) is 24.9. The fourth-order valence-corrected chi connectivity index (χ4v) is 3.97. The quantitative estimate of drug-likeness (QED) is 0.169. The van der Waals surface area contributed by atoms with Crippen molar-refractivity contribution in [3.8, 4) is 34.4 Å². The summed E-state index contributed by atoms with van der Waals surface area (Å²) in [5.74, 6) is 2.28. The smallest absolute Gasteiger partial charge is 0.384 e. The molecule has 3 aromatic heterocycles. The molecule has 2 N–H and O–H groups in total. The van der Waals surface area contributed by atoms with Gasteiger partial charge in [-0.2, -0.15) is 0 Å². The maximum Gasteiger partial charge on any atom is 0.384 e. The summed E-state index contributed by atoms with van der Waals surface area (Å²) < 4.78 is 8.25. The molecule has 6 rings (SSSR count). The first-order valence-electron chi connectivity index (χ1n) is 11.6. The second-order valence-corrected chi connectivity index (χ2v) is 8.27. The Morgan fingerprint density at radius 1 is 0.632 bits per heavy atom. The number of aromatic nitrogens is 4. The minimum atomic E-state index is -0.759. The number of esters is 2. The van der Waals surface area contributed by atoms with Crippen LogP contribution in [0.25, 0.3) is 56.7 Å². The van der Waals surface area contributed by atoms with Gasteiger partial charge in [0.1, 0.15) is 0 Å². The topological polar surface area (TPSA) is 110 Å². The molecular formula is C30H22N4O4. The zero-order valence-electron chi connectivity index (χ0n) is 20.6. The number of hydrogen-bond donors (Lipinski definition) is 2. The van der Waals surface area contributed by atoms with Gasteiger partial charge >= 0.3 is 11.9 Å². The van der Waals surface area contributed by atoms with E-state index in [1.54, 1.807) is 0 Å². The molecule has 1 aromatic carbocycles. The highest BCUT2D eigenvalue weighted by Crippen LogP contribution is 2.35. The molecule has 2 aliphatic heterocycles. The molecule has 0 fully saturated rings. The van der Waals surface area contributed by atoms with Crippen LogP contribution in [-0.2, 0) is 19.1 Å². The van der Waals surface area contributed by atoms with Gasteiger partial charge in [-0.3, -0.25) is 0 Å². The lowest BCUT2D eigenvalue weighted by Crippen LogP contribution is -1.99. The minimum Gasteiger partial charge on any atom is -0.459 e. The van der Waals surface area contributed by atoms with Gasteiger partial charge in [-0.1, -0.05) is 24.3 Å². The van der Waals surface area contributed by atoms with Crippen LogP contribution in [0.4, 0.5) is 0 Å². The first kappa shape index (κ1) is 24.3. The van der Waals surface area contributed by atoms with Crippen LogP contribution >= 0.6 is 0 Å². The number of carbonyl (C=O) groups excluding carboxylic acids is 2. The van der Waals surface area contributed by atoms with Crippen LogP contribution in [0.3, 0.4) is 0 Å². The van der Waals surface area contributed by atoms with E-state index in [0.717, 1.165) is 56.0 Å². The minimum absolute atomic E-state index is 0.759. The van der Waals surface area contributed by atoms with Crippen molar-refractivity contribution in [2.24, 2.45) is 0 Å². The van der Waals surface area contributed by atoms with E-state index in [0.29, 0.717) is 0 Å². The normalized spacial score (nSPS) is 10.8. The molecule has 186 valence electrons. The molecule has 0 saturated carbocycles. The summed E-state index contributed by atoms with van der Waals surface area (Å²) in [5, 5.41) is 0. The SMILES string of the molecule is C1=Cc2cc3ccc(cc4ccc(cc5nc(cc1n2)-c1ccccc1-5)[nH]4)[nH]3.COC(=O)C#CC(=O)OC. The Morgan fingerprint density at radius 3 is 1.66 bits per heavy atom. The van der Waals surface area contributed by atoms with Gasteiger partial charge in [0, 0.05) is 45.0 Å². The predicted octanol–water partition coefficient (Wildman–Crippen LogP) is 5.16. The number of benzene rings is 1. The standard InChI is InChI=1S/C24H16N4.C6H6O4/c1-2-4-22-21(3-1)23-13-19-9-7-17(26-19)11-15-5-6-16(25-15)12-18-8-10-20(27-18)14-24(22)28-23;1-9-5(7)3-4-6(8)10-2/h1-14,25-26H;1-2H3. The molecule has 8 nitrogen and oxygen atoms in total. The number of ether oxygens (including phenoxy) is 2. The Balaban J connectivity index is 0.000000253. The average Bonchev–Trinajstić information content (AvgIpc) is 3.73. The van der Waals surface area contributed by atoms with Gasteiger partial charge in [-0.25, -0.2) is 19.6 Å². The largest absolute Gasteiger partial charge is 0.459 e. The molecule has 0 saturated heterocycles. The van der Waals surface area contributed by atoms with Gasteiger partial charge in [0.15, 0.2) is 0 Å². The van der Waals surface area contributed by atoms with Crippen LogP contribution in [0.2, 0.25) is 0 Å². The highest BCUT2D eigenvalue weighted by atomic mass is 16.5. The Kier molecular flexibility index (Phi) is 6.83. The molecule has 8 bridgehead atoms. The zero-order chi connectivity index (χ0) is 26.5. The van der Waals surface area contributed by atoms with E-state index in [1.165, 1.54) is 14.2 Å². The zero-order valence-corrected chi connectivity index (χ0v) is 20.6. The number of rotatable bonds is 0. The van der Waals surface area contributed by atoms with Crippen molar-refractivity contribution in [3.63, 3.8) is 0 Å². The summed E-state index contributed by atoms with van der Waals surface area (Å²) in [5.41, 5.74) is 10.2. The highest BCUT2D eigenvalue weighted by molar-refractivity contribution is 5.98.